The zero-order chi connectivity index (χ0) is 26.5. The molecule has 4 nitrogen and oxygen atoms in total. The summed E-state index contributed by atoms with van der Waals surface area (Å²) in [4.78, 5) is 13.1. The number of phenols is 1. The predicted molar refractivity (Wildman–Crippen MR) is 154 cm³/mol. The van der Waals surface area contributed by atoms with E-state index >= 15 is 0 Å². The first-order valence-corrected chi connectivity index (χ1v) is 14.1. The third kappa shape index (κ3) is 5.44. The van der Waals surface area contributed by atoms with Gasteiger partial charge in [0, 0.05) is 22.9 Å². The van der Waals surface area contributed by atoms with Crippen LogP contribution in [0.2, 0.25) is 0 Å². The highest BCUT2D eigenvalue weighted by molar-refractivity contribution is 5.93. The van der Waals surface area contributed by atoms with Crippen LogP contribution in [0.1, 0.15) is 95.9 Å². The first-order chi connectivity index (χ1) is 17.4. The molecule has 4 heteroatoms. The number of hydrogen-bond acceptors (Lipinski definition) is 2. The number of amides is 2. The summed E-state index contributed by atoms with van der Waals surface area (Å²) >= 11 is 0. The fraction of sp³-hybridized carbons (Fsp3) is 0.545. The molecule has 4 fully saturated rings. The van der Waals surface area contributed by atoms with E-state index in [4.69, 9.17) is 0 Å². The summed E-state index contributed by atoms with van der Waals surface area (Å²) in [5, 5.41) is 17.6. The van der Waals surface area contributed by atoms with Gasteiger partial charge in [0.05, 0.1) is 0 Å². The highest BCUT2D eigenvalue weighted by Gasteiger charge is 2.48. The maximum Gasteiger partial charge on any atom is 0.319 e. The van der Waals surface area contributed by atoms with Crippen molar-refractivity contribution in [3.63, 3.8) is 0 Å². The largest absolute Gasteiger partial charge is 0.507 e. The second-order valence-electron chi connectivity index (χ2n) is 13.9. The van der Waals surface area contributed by atoms with Crippen LogP contribution >= 0.6 is 0 Å². The van der Waals surface area contributed by atoms with Gasteiger partial charge in [0.25, 0.3) is 0 Å². The number of aromatic hydroxyl groups is 1. The lowest BCUT2D eigenvalue weighted by atomic mass is 9.54. The molecular weight excluding hydrogens is 456 g/mol. The number of nitrogens with one attached hydrogen (secondary N) is 2. The summed E-state index contributed by atoms with van der Waals surface area (Å²) in [6, 6.07) is 12.3. The first-order valence-electron chi connectivity index (χ1n) is 14.1. The molecule has 0 radical (unpaired) electrons. The maximum absolute atomic E-state index is 13.1. The molecule has 0 aromatic heterocycles. The zero-order valence-electron chi connectivity index (χ0n) is 23.4. The molecule has 6 rings (SSSR count). The molecule has 0 spiro atoms. The summed E-state index contributed by atoms with van der Waals surface area (Å²) in [6.45, 7) is 12.8. The number of para-hydroxylation sites is 1. The average Bonchev–Trinajstić information content (AvgIpc) is 2.79. The van der Waals surface area contributed by atoms with E-state index in [9.17, 15) is 9.90 Å². The molecule has 2 amide bonds. The van der Waals surface area contributed by atoms with Crippen molar-refractivity contribution in [2.45, 2.75) is 90.5 Å². The van der Waals surface area contributed by atoms with Gasteiger partial charge in [-0.1, -0.05) is 71.9 Å². The highest BCUT2D eigenvalue weighted by Crippen LogP contribution is 2.53. The van der Waals surface area contributed by atoms with Gasteiger partial charge in [-0.15, -0.1) is 0 Å². The minimum absolute atomic E-state index is 0.0898. The molecule has 4 aliphatic carbocycles. The number of carbonyl (C=O) groups excluding carboxylic acids is 1. The van der Waals surface area contributed by atoms with Crippen molar-refractivity contribution in [1.82, 2.24) is 5.32 Å². The lowest BCUT2D eigenvalue weighted by molar-refractivity contribution is -0.00883. The molecular formula is C33H44N2O2. The van der Waals surface area contributed by atoms with Gasteiger partial charge in [0.15, 0.2) is 0 Å². The van der Waals surface area contributed by atoms with Crippen LogP contribution in [0.4, 0.5) is 10.5 Å². The van der Waals surface area contributed by atoms with E-state index in [1.807, 2.05) is 24.3 Å². The third-order valence-corrected chi connectivity index (χ3v) is 8.94. The molecule has 2 aromatic carbocycles. The molecule has 0 unspecified atom stereocenters. The van der Waals surface area contributed by atoms with E-state index in [-0.39, 0.29) is 16.9 Å². The summed E-state index contributed by atoms with van der Waals surface area (Å²) in [5.74, 6) is 3.49. The lowest BCUT2D eigenvalue weighted by Crippen LogP contribution is -2.56. The van der Waals surface area contributed by atoms with E-state index < -0.39 is 0 Å². The van der Waals surface area contributed by atoms with Gasteiger partial charge in [0.2, 0.25) is 0 Å². The molecule has 0 atom stereocenters. The van der Waals surface area contributed by atoms with Gasteiger partial charge in [0.1, 0.15) is 5.75 Å². The fourth-order valence-corrected chi connectivity index (χ4v) is 7.31. The number of phenolic OH excluding ortho intramolecular Hbond substituents is 1. The smallest absolute Gasteiger partial charge is 0.319 e. The van der Waals surface area contributed by atoms with Crippen LogP contribution in [0.3, 0.4) is 0 Å². The molecule has 4 aliphatic rings. The number of rotatable bonds is 4. The lowest BCUT2D eigenvalue weighted by Gasteiger charge is -2.54. The van der Waals surface area contributed by atoms with Crippen LogP contribution in [0, 0.1) is 23.7 Å². The SMILES string of the molecule is CC(C)(C)c1cc(C=Cc2ccccc2NC(=O)NC2C3CC4CC(C3)CC2C4)cc(C(C)(C)C)c1O. The number of hydrogen-bond donors (Lipinski definition) is 3. The Morgan fingerprint density at radius 1 is 0.838 bits per heavy atom. The Bertz CT molecular complexity index is 1130. The summed E-state index contributed by atoms with van der Waals surface area (Å²) in [7, 11) is 0. The van der Waals surface area contributed by atoms with Crippen molar-refractivity contribution in [1.29, 1.82) is 0 Å². The Balaban J connectivity index is 1.34. The average molecular weight is 501 g/mol. The van der Waals surface area contributed by atoms with Crippen LogP contribution < -0.4 is 10.6 Å². The minimum Gasteiger partial charge on any atom is -0.507 e. The number of benzene rings is 2. The van der Waals surface area contributed by atoms with Gasteiger partial charge in [-0.2, -0.15) is 0 Å². The highest BCUT2D eigenvalue weighted by atomic mass is 16.3. The number of urea groups is 1. The van der Waals surface area contributed by atoms with Crippen molar-refractivity contribution >= 4 is 23.9 Å². The topological polar surface area (TPSA) is 61.4 Å². The Hall–Kier alpha value is -2.75. The molecule has 0 heterocycles. The zero-order valence-corrected chi connectivity index (χ0v) is 23.4. The van der Waals surface area contributed by atoms with Crippen molar-refractivity contribution in [3.05, 3.63) is 58.7 Å². The Morgan fingerprint density at radius 3 is 1.92 bits per heavy atom. The Kier molecular flexibility index (Phi) is 6.66. The normalized spacial score (nSPS) is 27.0. The molecule has 2 aromatic rings. The second kappa shape index (κ2) is 9.53. The number of anilines is 1. The van der Waals surface area contributed by atoms with Gasteiger partial charge >= 0.3 is 6.03 Å². The van der Waals surface area contributed by atoms with Crippen LogP contribution in [0.25, 0.3) is 12.2 Å². The fourth-order valence-electron chi connectivity index (χ4n) is 7.31. The maximum atomic E-state index is 13.1. The van der Waals surface area contributed by atoms with E-state index in [1.165, 1.54) is 32.1 Å². The first kappa shape index (κ1) is 25.9. The Morgan fingerprint density at radius 2 is 1.38 bits per heavy atom. The van der Waals surface area contributed by atoms with E-state index in [1.54, 1.807) is 0 Å². The molecule has 0 saturated heterocycles. The van der Waals surface area contributed by atoms with Gasteiger partial charge < -0.3 is 15.7 Å². The molecule has 198 valence electrons. The monoisotopic (exact) mass is 500 g/mol. The van der Waals surface area contributed by atoms with Gasteiger partial charge in [-0.25, -0.2) is 4.79 Å². The number of carbonyl (C=O) groups is 1. The predicted octanol–water partition coefficient (Wildman–Crippen LogP) is 8.10. The van der Waals surface area contributed by atoms with Crippen molar-refractivity contribution < 1.29 is 9.90 Å². The molecule has 37 heavy (non-hydrogen) atoms. The summed E-state index contributed by atoms with van der Waals surface area (Å²) < 4.78 is 0. The molecule has 0 aliphatic heterocycles. The van der Waals surface area contributed by atoms with Crippen molar-refractivity contribution in [2.75, 3.05) is 5.32 Å². The molecule has 4 bridgehead atoms. The van der Waals surface area contributed by atoms with E-state index in [0.29, 0.717) is 23.6 Å². The van der Waals surface area contributed by atoms with Crippen LogP contribution in [0.5, 0.6) is 5.75 Å². The molecule has 3 N–H and O–H groups in total. The van der Waals surface area contributed by atoms with E-state index in [2.05, 4.69) is 76.5 Å². The quantitative estimate of drug-likeness (QED) is 0.371. The third-order valence-electron chi connectivity index (χ3n) is 8.94. The van der Waals surface area contributed by atoms with Crippen molar-refractivity contribution in [2.24, 2.45) is 23.7 Å². The van der Waals surface area contributed by atoms with Gasteiger partial charge in [-0.3, -0.25) is 0 Å². The summed E-state index contributed by atoms with van der Waals surface area (Å²) in [5.41, 5.74) is 4.35. The summed E-state index contributed by atoms with van der Waals surface area (Å²) in [6.07, 6.45) is 10.7. The Labute approximate surface area is 223 Å². The van der Waals surface area contributed by atoms with Crippen LogP contribution in [-0.2, 0) is 10.8 Å². The van der Waals surface area contributed by atoms with Crippen LogP contribution in [0.15, 0.2) is 36.4 Å². The minimum atomic E-state index is -0.177. The standard InChI is InChI=1S/C33H44N2O2/c1-32(2,3)26-18-20(19-27(30(26)36)33(4,5)6)11-12-23-9-7-8-10-28(23)34-31(37)35-29-24-14-21-13-22(16-24)17-25(29)15-21/h7-12,18-19,21-22,24-25,29,36H,13-17H2,1-6H3,(H2,34,35,37). The van der Waals surface area contributed by atoms with Crippen LogP contribution in [-0.4, -0.2) is 17.2 Å². The van der Waals surface area contributed by atoms with Crippen molar-refractivity contribution in [3.8, 4) is 5.75 Å². The molecule has 4 saturated carbocycles. The van der Waals surface area contributed by atoms with E-state index in [0.717, 1.165) is 39.8 Å². The van der Waals surface area contributed by atoms with Gasteiger partial charge in [-0.05, 0) is 95.9 Å². The second-order valence-corrected chi connectivity index (χ2v) is 13.9.